The number of benzene rings is 1. The Hall–Kier alpha value is -0.970. The second-order valence-electron chi connectivity index (χ2n) is 4.41. The SMILES string of the molecule is CN(C)S(=O)(=O)c1cccc(NC(=O)c2csc(I)c2)c1. The molecule has 21 heavy (non-hydrogen) atoms. The molecule has 1 aromatic heterocycles. The van der Waals surface area contributed by atoms with E-state index in [2.05, 4.69) is 27.9 Å². The minimum Gasteiger partial charge on any atom is -0.322 e. The Morgan fingerprint density at radius 2 is 2.00 bits per heavy atom. The molecule has 2 aromatic rings. The number of anilines is 1. The summed E-state index contributed by atoms with van der Waals surface area (Å²) >= 11 is 3.62. The van der Waals surface area contributed by atoms with E-state index < -0.39 is 10.0 Å². The van der Waals surface area contributed by atoms with Crippen molar-refractivity contribution in [2.24, 2.45) is 0 Å². The topological polar surface area (TPSA) is 66.5 Å². The summed E-state index contributed by atoms with van der Waals surface area (Å²) in [6.45, 7) is 0. The van der Waals surface area contributed by atoms with Crippen LogP contribution in [0.5, 0.6) is 0 Å². The molecule has 0 bridgehead atoms. The van der Waals surface area contributed by atoms with Gasteiger partial charge in [-0.15, -0.1) is 11.3 Å². The van der Waals surface area contributed by atoms with Gasteiger partial charge in [0, 0.05) is 25.2 Å². The van der Waals surface area contributed by atoms with Crippen molar-refractivity contribution >= 4 is 55.5 Å². The molecule has 0 spiro atoms. The molecular weight excluding hydrogens is 423 g/mol. The molecule has 1 heterocycles. The Labute approximate surface area is 141 Å². The third-order valence-electron chi connectivity index (χ3n) is 2.70. The fourth-order valence-corrected chi connectivity index (χ4v) is 3.85. The summed E-state index contributed by atoms with van der Waals surface area (Å²) in [7, 11) is -0.581. The van der Waals surface area contributed by atoms with Crippen molar-refractivity contribution in [3.8, 4) is 0 Å². The van der Waals surface area contributed by atoms with Crippen LogP contribution in [0, 0.1) is 2.88 Å². The number of nitrogens with one attached hydrogen (secondary N) is 1. The Balaban J connectivity index is 2.25. The molecule has 0 aliphatic heterocycles. The van der Waals surface area contributed by atoms with E-state index in [-0.39, 0.29) is 10.8 Å². The van der Waals surface area contributed by atoms with Gasteiger partial charge in [0.25, 0.3) is 5.91 Å². The molecule has 0 aliphatic rings. The molecule has 2 rings (SSSR count). The lowest BCUT2D eigenvalue weighted by atomic mass is 10.3. The van der Waals surface area contributed by atoms with Gasteiger partial charge in [0.05, 0.1) is 13.3 Å². The summed E-state index contributed by atoms with van der Waals surface area (Å²) in [5.41, 5.74) is 1.01. The molecule has 1 N–H and O–H groups in total. The largest absolute Gasteiger partial charge is 0.322 e. The number of hydrogen-bond acceptors (Lipinski definition) is 4. The van der Waals surface area contributed by atoms with E-state index in [0.29, 0.717) is 11.3 Å². The van der Waals surface area contributed by atoms with E-state index in [1.54, 1.807) is 23.6 Å². The van der Waals surface area contributed by atoms with Crippen molar-refractivity contribution in [2.45, 2.75) is 4.90 Å². The van der Waals surface area contributed by atoms with E-state index in [9.17, 15) is 13.2 Å². The average molecular weight is 436 g/mol. The molecule has 5 nitrogen and oxygen atoms in total. The van der Waals surface area contributed by atoms with Crippen molar-refractivity contribution < 1.29 is 13.2 Å². The fraction of sp³-hybridized carbons (Fsp3) is 0.154. The summed E-state index contributed by atoms with van der Waals surface area (Å²) in [6.07, 6.45) is 0. The summed E-state index contributed by atoms with van der Waals surface area (Å²) < 4.78 is 26.3. The Morgan fingerprint density at radius 1 is 1.29 bits per heavy atom. The molecule has 1 amide bonds. The Bertz CT molecular complexity index is 769. The van der Waals surface area contributed by atoms with Gasteiger partial charge in [-0.2, -0.15) is 0 Å². The average Bonchev–Trinajstić information content (AvgIpc) is 2.85. The van der Waals surface area contributed by atoms with E-state index in [4.69, 9.17) is 0 Å². The first-order valence-electron chi connectivity index (χ1n) is 5.88. The first kappa shape index (κ1) is 16.4. The first-order chi connectivity index (χ1) is 9.80. The van der Waals surface area contributed by atoms with Gasteiger partial charge in [-0.3, -0.25) is 4.79 Å². The summed E-state index contributed by atoms with van der Waals surface area (Å²) in [5, 5.41) is 4.47. The van der Waals surface area contributed by atoms with Gasteiger partial charge >= 0.3 is 0 Å². The predicted molar refractivity (Wildman–Crippen MR) is 92.3 cm³/mol. The highest BCUT2D eigenvalue weighted by Crippen LogP contribution is 2.20. The van der Waals surface area contributed by atoms with Gasteiger partial charge in [0.15, 0.2) is 0 Å². The number of thiophene rings is 1. The second-order valence-corrected chi connectivity index (χ2v) is 9.37. The number of rotatable bonds is 4. The van der Waals surface area contributed by atoms with E-state index in [1.807, 2.05) is 0 Å². The zero-order valence-electron chi connectivity index (χ0n) is 11.3. The molecule has 0 fully saturated rings. The lowest BCUT2D eigenvalue weighted by molar-refractivity contribution is 0.102. The zero-order chi connectivity index (χ0) is 15.6. The minimum absolute atomic E-state index is 0.144. The normalized spacial score (nSPS) is 11.6. The maximum atomic E-state index is 12.1. The zero-order valence-corrected chi connectivity index (χ0v) is 15.1. The van der Waals surface area contributed by atoms with Crippen LogP contribution in [0.4, 0.5) is 5.69 Å². The van der Waals surface area contributed by atoms with E-state index in [0.717, 1.165) is 7.19 Å². The maximum absolute atomic E-state index is 12.1. The summed E-state index contributed by atoms with van der Waals surface area (Å²) in [5.74, 6) is -0.256. The monoisotopic (exact) mass is 436 g/mol. The number of hydrogen-bond donors (Lipinski definition) is 1. The first-order valence-corrected chi connectivity index (χ1v) is 9.28. The van der Waals surface area contributed by atoms with E-state index in [1.165, 1.54) is 37.6 Å². The van der Waals surface area contributed by atoms with Crippen LogP contribution in [0.3, 0.4) is 0 Å². The van der Waals surface area contributed by atoms with Gasteiger partial charge in [0.1, 0.15) is 0 Å². The van der Waals surface area contributed by atoms with Crippen LogP contribution >= 0.6 is 33.9 Å². The molecule has 112 valence electrons. The second kappa shape index (κ2) is 6.42. The number of amides is 1. The fourth-order valence-electron chi connectivity index (χ4n) is 1.58. The van der Waals surface area contributed by atoms with E-state index >= 15 is 0 Å². The van der Waals surface area contributed by atoms with Crippen LogP contribution in [0.1, 0.15) is 10.4 Å². The lowest BCUT2D eigenvalue weighted by Crippen LogP contribution is -2.22. The van der Waals surface area contributed by atoms with Gasteiger partial charge in [0.2, 0.25) is 10.0 Å². The molecule has 1 aromatic carbocycles. The highest BCUT2D eigenvalue weighted by molar-refractivity contribution is 14.1. The number of halogens is 1. The molecule has 0 saturated carbocycles. The van der Waals surface area contributed by atoms with Crippen LogP contribution in [0.25, 0.3) is 0 Å². The van der Waals surface area contributed by atoms with Crippen molar-refractivity contribution in [1.82, 2.24) is 4.31 Å². The van der Waals surface area contributed by atoms with Gasteiger partial charge in [-0.25, -0.2) is 12.7 Å². The highest BCUT2D eigenvalue weighted by Gasteiger charge is 2.17. The molecule has 0 radical (unpaired) electrons. The Kier molecular flexibility index (Phi) is 5.02. The third kappa shape index (κ3) is 3.82. The third-order valence-corrected chi connectivity index (χ3v) is 6.30. The molecular formula is C13H13IN2O3S2. The molecule has 0 saturated heterocycles. The summed E-state index contributed by atoms with van der Waals surface area (Å²) in [4.78, 5) is 12.2. The van der Waals surface area contributed by atoms with Crippen molar-refractivity contribution in [1.29, 1.82) is 0 Å². The maximum Gasteiger partial charge on any atom is 0.256 e. The van der Waals surface area contributed by atoms with Crippen molar-refractivity contribution in [3.05, 3.63) is 44.2 Å². The summed E-state index contributed by atoms with van der Waals surface area (Å²) in [6, 6.07) is 7.98. The van der Waals surface area contributed by atoms with Crippen LogP contribution in [-0.2, 0) is 10.0 Å². The van der Waals surface area contributed by atoms with Crippen molar-refractivity contribution in [2.75, 3.05) is 19.4 Å². The molecule has 0 aliphatic carbocycles. The number of carbonyl (C=O) groups is 1. The van der Waals surface area contributed by atoms with Crippen LogP contribution in [0.15, 0.2) is 40.6 Å². The smallest absolute Gasteiger partial charge is 0.256 e. The molecule has 8 heteroatoms. The number of nitrogens with zero attached hydrogens (tertiary/aromatic N) is 1. The number of sulfonamides is 1. The lowest BCUT2D eigenvalue weighted by Gasteiger charge is -2.12. The Morgan fingerprint density at radius 3 is 2.57 bits per heavy atom. The predicted octanol–water partition coefficient (Wildman–Crippen LogP) is 2.86. The highest BCUT2D eigenvalue weighted by atomic mass is 127. The van der Waals surface area contributed by atoms with Gasteiger partial charge in [-0.1, -0.05) is 6.07 Å². The standard InChI is InChI=1S/C13H13IN2O3S2/c1-16(2)21(18,19)11-5-3-4-10(7-11)15-13(17)9-6-12(14)20-8-9/h3-8H,1-2H3,(H,15,17). The quantitative estimate of drug-likeness (QED) is 0.750. The molecule has 0 unspecified atom stereocenters. The van der Waals surface area contributed by atoms with Gasteiger partial charge in [-0.05, 0) is 46.9 Å². The van der Waals surface area contributed by atoms with Crippen LogP contribution < -0.4 is 5.32 Å². The van der Waals surface area contributed by atoms with Crippen LogP contribution in [-0.4, -0.2) is 32.7 Å². The number of carbonyl (C=O) groups excluding carboxylic acids is 1. The van der Waals surface area contributed by atoms with Crippen molar-refractivity contribution in [3.63, 3.8) is 0 Å². The minimum atomic E-state index is -3.51. The van der Waals surface area contributed by atoms with Gasteiger partial charge < -0.3 is 5.32 Å². The van der Waals surface area contributed by atoms with Crippen LogP contribution in [0.2, 0.25) is 0 Å². The molecule has 0 atom stereocenters.